The molecule has 2 rings (SSSR count). The average molecular weight is 356 g/mol. The van der Waals surface area contributed by atoms with Gasteiger partial charge in [0.1, 0.15) is 5.75 Å². The van der Waals surface area contributed by atoms with E-state index in [0.717, 1.165) is 10.9 Å². The minimum Gasteiger partial charge on any atom is -0.435 e. The van der Waals surface area contributed by atoms with E-state index in [1.165, 1.54) is 24.3 Å². The fraction of sp³-hybridized carbons (Fsp3) is 0.133. The highest BCUT2D eigenvalue weighted by atomic mass is 79.9. The van der Waals surface area contributed by atoms with Crippen LogP contribution in [0.2, 0.25) is 0 Å². The first-order chi connectivity index (χ1) is 10.1. The molecule has 1 N–H and O–H groups in total. The fourth-order valence-corrected chi connectivity index (χ4v) is 2.04. The van der Waals surface area contributed by atoms with Gasteiger partial charge in [0.15, 0.2) is 0 Å². The third-order valence-electron chi connectivity index (χ3n) is 2.71. The largest absolute Gasteiger partial charge is 0.435 e. The molecule has 21 heavy (non-hydrogen) atoms. The molecular weight excluding hydrogens is 344 g/mol. The molecular formula is C15H12BrF2NO2. The summed E-state index contributed by atoms with van der Waals surface area (Å²) in [6, 6.07) is 12.9. The monoisotopic (exact) mass is 355 g/mol. The van der Waals surface area contributed by atoms with Gasteiger partial charge in [0.05, 0.1) is 0 Å². The van der Waals surface area contributed by atoms with E-state index in [1.54, 1.807) is 12.1 Å². The van der Waals surface area contributed by atoms with Crippen molar-refractivity contribution in [3.8, 4) is 5.75 Å². The van der Waals surface area contributed by atoms with Gasteiger partial charge in [0.2, 0.25) is 0 Å². The third-order valence-corrected chi connectivity index (χ3v) is 3.36. The number of nitrogens with one attached hydrogen (secondary N) is 1. The van der Waals surface area contributed by atoms with Gasteiger partial charge in [-0.05, 0) is 42.0 Å². The molecule has 0 heterocycles. The molecule has 0 saturated heterocycles. The van der Waals surface area contributed by atoms with Gasteiger partial charge >= 0.3 is 6.61 Å². The van der Waals surface area contributed by atoms with Gasteiger partial charge in [0, 0.05) is 16.6 Å². The Morgan fingerprint density at radius 2 is 1.71 bits per heavy atom. The van der Waals surface area contributed by atoms with Crippen molar-refractivity contribution in [2.75, 3.05) is 5.32 Å². The summed E-state index contributed by atoms with van der Waals surface area (Å²) in [6.45, 7) is -2.88. The molecule has 3 nitrogen and oxygen atoms in total. The highest BCUT2D eigenvalue weighted by Crippen LogP contribution is 2.17. The van der Waals surface area contributed by atoms with Crippen LogP contribution in [0.25, 0.3) is 0 Å². The number of benzene rings is 2. The van der Waals surface area contributed by atoms with E-state index in [2.05, 4.69) is 26.0 Å². The van der Waals surface area contributed by atoms with Crippen LogP contribution in [-0.4, -0.2) is 12.5 Å². The molecule has 6 heteroatoms. The molecule has 0 aliphatic heterocycles. The number of alkyl halides is 3. The summed E-state index contributed by atoms with van der Waals surface area (Å²) in [4.78, 5) is 12.0. The van der Waals surface area contributed by atoms with Crippen molar-refractivity contribution in [3.63, 3.8) is 0 Å². The van der Waals surface area contributed by atoms with E-state index < -0.39 is 6.61 Å². The Labute approximate surface area is 129 Å². The van der Waals surface area contributed by atoms with Crippen LogP contribution in [0.3, 0.4) is 0 Å². The summed E-state index contributed by atoms with van der Waals surface area (Å²) in [5, 5.41) is 3.47. The molecule has 110 valence electrons. The van der Waals surface area contributed by atoms with E-state index in [0.29, 0.717) is 11.3 Å². The van der Waals surface area contributed by atoms with Gasteiger partial charge in [-0.1, -0.05) is 28.1 Å². The second kappa shape index (κ2) is 7.17. The standard InChI is InChI=1S/C15H12BrF2NO2/c16-9-10-1-5-12(6-2-10)19-14(20)11-3-7-13(8-4-11)21-15(17)18/h1-8,15H,9H2,(H,19,20). The van der Waals surface area contributed by atoms with Gasteiger partial charge in [-0.15, -0.1) is 0 Å². The lowest BCUT2D eigenvalue weighted by Gasteiger charge is -2.07. The van der Waals surface area contributed by atoms with Gasteiger partial charge in [0.25, 0.3) is 5.91 Å². The van der Waals surface area contributed by atoms with Crippen LogP contribution in [0.1, 0.15) is 15.9 Å². The lowest BCUT2D eigenvalue weighted by molar-refractivity contribution is -0.0498. The summed E-state index contributed by atoms with van der Waals surface area (Å²) < 4.78 is 28.3. The molecule has 0 aromatic heterocycles. The van der Waals surface area contributed by atoms with Crippen molar-refractivity contribution >= 4 is 27.5 Å². The Morgan fingerprint density at radius 3 is 2.24 bits per heavy atom. The van der Waals surface area contributed by atoms with E-state index >= 15 is 0 Å². The molecule has 0 saturated carbocycles. The number of carbonyl (C=O) groups excluding carboxylic acids is 1. The molecule has 0 unspecified atom stereocenters. The Hall–Kier alpha value is -1.95. The van der Waals surface area contributed by atoms with Crippen molar-refractivity contribution in [2.24, 2.45) is 0 Å². The molecule has 0 radical (unpaired) electrons. The van der Waals surface area contributed by atoms with E-state index in [1.807, 2.05) is 12.1 Å². The fourth-order valence-electron chi connectivity index (χ4n) is 1.67. The summed E-state index contributed by atoms with van der Waals surface area (Å²) >= 11 is 3.34. The van der Waals surface area contributed by atoms with Gasteiger partial charge < -0.3 is 10.1 Å². The molecule has 0 spiro atoms. The maximum atomic E-state index is 12.0. The first-order valence-electron chi connectivity index (χ1n) is 6.09. The molecule has 0 aliphatic rings. The Kier molecular flexibility index (Phi) is 5.27. The topological polar surface area (TPSA) is 38.3 Å². The molecule has 0 fully saturated rings. The van der Waals surface area contributed by atoms with Crippen molar-refractivity contribution in [3.05, 3.63) is 59.7 Å². The number of carbonyl (C=O) groups is 1. The SMILES string of the molecule is O=C(Nc1ccc(CBr)cc1)c1ccc(OC(F)F)cc1. The summed E-state index contributed by atoms with van der Waals surface area (Å²) in [6.07, 6.45) is 0. The summed E-state index contributed by atoms with van der Waals surface area (Å²) in [5.74, 6) is -0.298. The molecule has 2 aromatic rings. The van der Waals surface area contributed by atoms with Crippen molar-refractivity contribution < 1.29 is 18.3 Å². The third kappa shape index (κ3) is 4.53. The molecule has 2 aromatic carbocycles. The first kappa shape index (κ1) is 15.4. The second-order valence-corrected chi connectivity index (χ2v) is 4.75. The van der Waals surface area contributed by atoms with Crippen molar-refractivity contribution in [1.29, 1.82) is 0 Å². The molecule has 0 aliphatic carbocycles. The number of ether oxygens (including phenoxy) is 1. The molecule has 0 atom stereocenters. The quantitative estimate of drug-likeness (QED) is 0.805. The van der Waals surface area contributed by atoms with Crippen LogP contribution in [0.4, 0.5) is 14.5 Å². The zero-order chi connectivity index (χ0) is 15.2. The van der Waals surface area contributed by atoms with E-state index in [4.69, 9.17) is 0 Å². The van der Waals surface area contributed by atoms with Crippen LogP contribution >= 0.6 is 15.9 Å². The number of rotatable bonds is 5. The minimum absolute atomic E-state index is 0.0169. The van der Waals surface area contributed by atoms with Crippen LogP contribution in [0.15, 0.2) is 48.5 Å². The maximum Gasteiger partial charge on any atom is 0.387 e. The molecule has 1 amide bonds. The minimum atomic E-state index is -2.88. The van der Waals surface area contributed by atoms with Gasteiger partial charge in [-0.3, -0.25) is 4.79 Å². The maximum absolute atomic E-state index is 12.0. The Balaban J connectivity index is 2.02. The number of hydrogen-bond donors (Lipinski definition) is 1. The lowest BCUT2D eigenvalue weighted by atomic mass is 10.2. The highest BCUT2D eigenvalue weighted by molar-refractivity contribution is 9.08. The highest BCUT2D eigenvalue weighted by Gasteiger charge is 2.08. The lowest BCUT2D eigenvalue weighted by Crippen LogP contribution is -2.11. The van der Waals surface area contributed by atoms with Crippen LogP contribution in [0, 0.1) is 0 Å². The zero-order valence-electron chi connectivity index (χ0n) is 10.9. The Bertz CT molecular complexity index is 600. The van der Waals surface area contributed by atoms with Gasteiger partial charge in [-0.2, -0.15) is 8.78 Å². The van der Waals surface area contributed by atoms with Crippen LogP contribution in [-0.2, 0) is 5.33 Å². The van der Waals surface area contributed by atoms with Crippen molar-refractivity contribution in [1.82, 2.24) is 0 Å². The summed E-state index contributed by atoms with van der Waals surface area (Å²) in [7, 11) is 0. The van der Waals surface area contributed by atoms with Crippen molar-refractivity contribution in [2.45, 2.75) is 11.9 Å². The predicted molar refractivity (Wildman–Crippen MR) is 80.1 cm³/mol. The Morgan fingerprint density at radius 1 is 1.10 bits per heavy atom. The van der Waals surface area contributed by atoms with E-state index in [-0.39, 0.29) is 11.7 Å². The number of anilines is 1. The van der Waals surface area contributed by atoms with Gasteiger partial charge in [-0.25, -0.2) is 0 Å². The number of amides is 1. The van der Waals surface area contributed by atoms with E-state index in [9.17, 15) is 13.6 Å². The number of hydrogen-bond acceptors (Lipinski definition) is 2. The smallest absolute Gasteiger partial charge is 0.387 e. The zero-order valence-corrected chi connectivity index (χ0v) is 12.4. The normalized spacial score (nSPS) is 10.5. The predicted octanol–water partition coefficient (Wildman–Crippen LogP) is 4.44. The molecule has 0 bridgehead atoms. The second-order valence-electron chi connectivity index (χ2n) is 4.19. The van der Waals surface area contributed by atoms with Crippen LogP contribution in [0.5, 0.6) is 5.75 Å². The number of halogens is 3. The van der Waals surface area contributed by atoms with Crippen LogP contribution < -0.4 is 10.1 Å². The average Bonchev–Trinajstić information content (AvgIpc) is 2.48. The summed E-state index contributed by atoms with van der Waals surface area (Å²) in [5.41, 5.74) is 2.13. The first-order valence-corrected chi connectivity index (χ1v) is 7.22.